The minimum absolute atomic E-state index is 0.0669. The summed E-state index contributed by atoms with van der Waals surface area (Å²) in [6.07, 6.45) is 0.108. The number of nitrogens with zero attached hydrogens (tertiary/aromatic N) is 1. The molecule has 1 aliphatic heterocycles. The fourth-order valence-electron chi connectivity index (χ4n) is 1.96. The Morgan fingerprint density at radius 1 is 1.59 bits per heavy atom. The average Bonchev–Trinajstić information content (AvgIpc) is 2.68. The minimum Gasteiger partial charge on any atom is -0.481 e. The van der Waals surface area contributed by atoms with Gasteiger partial charge in [0.25, 0.3) is 5.56 Å². The van der Waals surface area contributed by atoms with Crippen LogP contribution in [0, 0.1) is 0 Å². The molecule has 1 aliphatic rings. The van der Waals surface area contributed by atoms with E-state index in [9.17, 15) is 18.0 Å². The van der Waals surface area contributed by atoms with Crippen LogP contribution in [0.5, 0.6) is 0 Å². The Bertz CT molecular complexity index is 597. The number of hydrogen-bond donors (Lipinski definition) is 2. The van der Waals surface area contributed by atoms with Crippen molar-refractivity contribution in [2.75, 3.05) is 11.5 Å². The maximum Gasteiger partial charge on any atom is 0.309 e. The van der Waals surface area contributed by atoms with Crippen molar-refractivity contribution >= 4 is 15.8 Å². The summed E-state index contributed by atoms with van der Waals surface area (Å²) in [5.41, 5.74) is -0.102. The lowest BCUT2D eigenvalue weighted by molar-refractivity contribution is -0.136. The van der Waals surface area contributed by atoms with Gasteiger partial charge in [-0.25, -0.2) is 13.1 Å². The number of H-pyrrole nitrogens is 1. The van der Waals surface area contributed by atoms with Gasteiger partial charge in [-0.1, -0.05) is 0 Å². The van der Waals surface area contributed by atoms with Gasteiger partial charge < -0.3 is 5.11 Å². The number of carboxylic acids is 1. The topological polar surface area (TPSA) is 109 Å². The van der Waals surface area contributed by atoms with E-state index in [4.69, 9.17) is 5.11 Å². The second-order valence-corrected chi connectivity index (χ2v) is 6.35. The highest BCUT2D eigenvalue weighted by Crippen LogP contribution is 2.21. The van der Waals surface area contributed by atoms with Crippen molar-refractivity contribution < 1.29 is 18.3 Å². The Morgan fingerprint density at radius 2 is 2.29 bits per heavy atom. The van der Waals surface area contributed by atoms with Crippen LogP contribution in [0.4, 0.5) is 0 Å². The summed E-state index contributed by atoms with van der Waals surface area (Å²) in [5, 5.41) is 11.2. The van der Waals surface area contributed by atoms with Crippen LogP contribution in [0.1, 0.15) is 18.2 Å². The van der Waals surface area contributed by atoms with Gasteiger partial charge in [0, 0.05) is 11.8 Å². The van der Waals surface area contributed by atoms with Crippen molar-refractivity contribution in [3.8, 4) is 0 Å². The van der Waals surface area contributed by atoms with E-state index in [1.807, 2.05) is 0 Å². The number of aliphatic carboxylic acids is 1. The van der Waals surface area contributed by atoms with Gasteiger partial charge in [-0.05, 0) is 6.42 Å². The molecule has 1 saturated heterocycles. The maximum atomic E-state index is 11.6. The van der Waals surface area contributed by atoms with E-state index in [1.165, 1.54) is 10.7 Å². The summed E-state index contributed by atoms with van der Waals surface area (Å²) in [6, 6.07) is 0.786. The van der Waals surface area contributed by atoms with Crippen molar-refractivity contribution in [2.45, 2.75) is 18.9 Å². The van der Waals surface area contributed by atoms with Crippen LogP contribution in [0.25, 0.3) is 0 Å². The molecule has 0 amide bonds. The third-order valence-electron chi connectivity index (χ3n) is 2.71. The summed E-state index contributed by atoms with van der Waals surface area (Å²) in [6.45, 7) is 0. The summed E-state index contributed by atoms with van der Waals surface area (Å²) >= 11 is 0. The van der Waals surface area contributed by atoms with Crippen LogP contribution in [-0.4, -0.2) is 40.8 Å². The number of carbonyl (C=O) groups is 1. The van der Waals surface area contributed by atoms with E-state index in [0.717, 1.165) is 0 Å². The summed E-state index contributed by atoms with van der Waals surface area (Å²) in [7, 11) is -3.07. The molecule has 0 bridgehead atoms. The highest BCUT2D eigenvalue weighted by atomic mass is 32.2. The molecule has 0 aliphatic carbocycles. The second kappa shape index (κ2) is 4.02. The highest BCUT2D eigenvalue weighted by Gasteiger charge is 2.30. The number of nitrogens with one attached hydrogen (secondary N) is 1. The quantitative estimate of drug-likeness (QED) is 0.736. The second-order valence-electron chi connectivity index (χ2n) is 4.12. The predicted octanol–water partition coefficient (Wildman–Crippen LogP) is -0.837. The van der Waals surface area contributed by atoms with Gasteiger partial charge in [-0.3, -0.25) is 14.7 Å². The van der Waals surface area contributed by atoms with Crippen molar-refractivity contribution in [3.63, 3.8) is 0 Å². The number of sulfone groups is 1. The van der Waals surface area contributed by atoms with Crippen LogP contribution in [0.15, 0.2) is 10.9 Å². The van der Waals surface area contributed by atoms with Crippen LogP contribution >= 0.6 is 0 Å². The SMILES string of the molecule is O=C(O)Cc1cc(=O)n(C2CCS(=O)(=O)C2)[nH]1. The fraction of sp³-hybridized carbons (Fsp3) is 0.556. The molecular formula is C9H12N2O5S. The third-order valence-corrected chi connectivity index (χ3v) is 4.46. The molecule has 0 saturated carbocycles. The molecule has 1 aromatic heterocycles. The van der Waals surface area contributed by atoms with Crippen LogP contribution < -0.4 is 5.56 Å². The lowest BCUT2D eigenvalue weighted by Crippen LogP contribution is -2.23. The van der Waals surface area contributed by atoms with E-state index in [2.05, 4.69) is 5.10 Å². The first-order chi connectivity index (χ1) is 7.87. The number of rotatable bonds is 3. The summed E-state index contributed by atoms with van der Waals surface area (Å²) < 4.78 is 23.8. The van der Waals surface area contributed by atoms with Crippen molar-refractivity contribution in [1.82, 2.24) is 9.78 Å². The standard InChI is InChI=1S/C9H12N2O5S/c12-8-3-6(4-9(13)14)10-11(8)7-1-2-17(15,16)5-7/h3,7,10H,1-2,4-5H2,(H,13,14). The first kappa shape index (κ1) is 11.9. The van der Waals surface area contributed by atoms with Crippen molar-refractivity contribution in [3.05, 3.63) is 22.1 Å². The van der Waals surface area contributed by atoms with Gasteiger partial charge >= 0.3 is 5.97 Å². The molecule has 2 rings (SSSR count). The van der Waals surface area contributed by atoms with Gasteiger partial charge in [-0.2, -0.15) is 0 Å². The molecule has 1 unspecified atom stereocenters. The molecule has 0 spiro atoms. The van der Waals surface area contributed by atoms with Crippen molar-refractivity contribution in [1.29, 1.82) is 0 Å². The van der Waals surface area contributed by atoms with E-state index < -0.39 is 21.8 Å². The normalized spacial score (nSPS) is 22.7. The maximum absolute atomic E-state index is 11.6. The molecule has 7 nitrogen and oxygen atoms in total. The van der Waals surface area contributed by atoms with Gasteiger partial charge in [0.15, 0.2) is 9.84 Å². The molecule has 1 aromatic rings. The van der Waals surface area contributed by atoms with Gasteiger partial charge in [-0.15, -0.1) is 0 Å². The monoisotopic (exact) mass is 260 g/mol. The molecule has 2 N–H and O–H groups in total. The zero-order valence-corrected chi connectivity index (χ0v) is 9.74. The van der Waals surface area contributed by atoms with Crippen molar-refractivity contribution in [2.24, 2.45) is 0 Å². The number of carboxylic acid groups (broad SMARTS) is 1. The lowest BCUT2D eigenvalue weighted by Gasteiger charge is -2.07. The molecule has 94 valence electrons. The number of hydrogen-bond acceptors (Lipinski definition) is 4. The molecule has 0 radical (unpaired) electrons. The molecule has 1 atom stereocenters. The van der Waals surface area contributed by atoms with E-state index in [0.29, 0.717) is 6.42 Å². The van der Waals surface area contributed by atoms with Crippen LogP contribution in [0.2, 0.25) is 0 Å². The largest absolute Gasteiger partial charge is 0.481 e. The first-order valence-electron chi connectivity index (χ1n) is 5.10. The van der Waals surface area contributed by atoms with E-state index in [-0.39, 0.29) is 29.2 Å². The van der Waals surface area contributed by atoms with Crippen LogP contribution in [0.3, 0.4) is 0 Å². The zero-order valence-electron chi connectivity index (χ0n) is 8.92. The molecule has 0 aromatic carbocycles. The summed E-state index contributed by atoms with van der Waals surface area (Å²) in [5.74, 6) is -1.05. The predicted molar refractivity (Wildman–Crippen MR) is 58.7 cm³/mol. The lowest BCUT2D eigenvalue weighted by atomic mass is 10.3. The average molecular weight is 260 g/mol. The molecule has 2 heterocycles. The molecular weight excluding hydrogens is 248 g/mol. The zero-order chi connectivity index (χ0) is 12.6. The van der Waals surface area contributed by atoms with E-state index in [1.54, 1.807) is 0 Å². The smallest absolute Gasteiger partial charge is 0.309 e. The molecule has 17 heavy (non-hydrogen) atoms. The van der Waals surface area contributed by atoms with Crippen LogP contribution in [-0.2, 0) is 21.1 Å². The number of aromatic nitrogens is 2. The Morgan fingerprint density at radius 3 is 2.82 bits per heavy atom. The minimum atomic E-state index is -3.07. The van der Waals surface area contributed by atoms with Gasteiger partial charge in [0.2, 0.25) is 0 Å². The fourth-order valence-corrected chi connectivity index (χ4v) is 3.66. The Kier molecular flexibility index (Phi) is 2.82. The Labute approximate surface area is 97.0 Å². The summed E-state index contributed by atoms with van der Waals surface area (Å²) in [4.78, 5) is 22.0. The third kappa shape index (κ3) is 2.57. The molecule has 1 fully saturated rings. The number of aromatic amines is 1. The first-order valence-corrected chi connectivity index (χ1v) is 6.92. The van der Waals surface area contributed by atoms with Gasteiger partial charge in [0.05, 0.1) is 24.0 Å². The molecule has 8 heteroatoms. The van der Waals surface area contributed by atoms with Gasteiger partial charge in [0.1, 0.15) is 0 Å². The Balaban J connectivity index is 2.25. The Hall–Kier alpha value is -1.57. The van der Waals surface area contributed by atoms with E-state index >= 15 is 0 Å². The highest BCUT2D eigenvalue weighted by molar-refractivity contribution is 7.91.